The average Bonchev–Trinajstić information content (AvgIpc) is 2.49. The van der Waals surface area contributed by atoms with E-state index in [4.69, 9.17) is 10.00 Å². The number of hydrogen-bond acceptors (Lipinski definition) is 3. The predicted octanol–water partition coefficient (Wildman–Crippen LogP) is 4.29. The largest absolute Gasteiger partial charge is 0.468 e. The van der Waals surface area contributed by atoms with Crippen molar-refractivity contribution in [3.63, 3.8) is 0 Å². The highest BCUT2D eigenvalue weighted by Crippen LogP contribution is 2.32. The molecule has 0 saturated carbocycles. The van der Waals surface area contributed by atoms with E-state index in [0.29, 0.717) is 6.42 Å². The standard InChI is InChI=1S/C18H25NO2/c1-15-10-9-11-16(14-15)18(2,17(20)21-3)12-7-5-4-6-8-13-19/h9-11,14H,4-8,12H2,1-3H3. The van der Waals surface area contributed by atoms with E-state index in [9.17, 15) is 4.79 Å². The summed E-state index contributed by atoms with van der Waals surface area (Å²) in [5.74, 6) is -0.176. The quantitative estimate of drug-likeness (QED) is 0.529. The Morgan fingerprint density at radius 2 is 2.00 bits per heavy atom. The number of benzene rings is 1. The predicted molar refractivity (Wildman–Crippen MR) is 83.9 cm³/mol. The first kappa shape index (κ1) is 17.2. The Labute approximate surface area is 127 Å². The molecule has 0 aromatic heterocycles. The van der Waals surface area contributed by atoms with Crippen LogP contribution in [-0.2, 0) is 14.9 Å². The van der Waals surface area contributed by atoms with Crippen LogP contribution in [-0.4, -0.2) is 13.1 Å². The molecule has 0 saturated heterocycles. The van der Waals surface area contributed by atoms with Gasteiger partial charge in [0.2, 0.25) is 0 Å². The summed E-state index contributed by atoms with van der Waals surface area (Å²) in [6.45, 7) is 3.99. The fraction of sp³-hybridized carbons (Fsp3) is 0.556. The van der Waals surface area contributed by atoms with Gasteiger partial charge in [0.25, 0.3) is 0 Å². The van der Waals surface area contributed by atoms with Crippen molar-refractivity contribution in [2.45, 2.75) is 57.8 Å². The molecular formula is C18H25NO2. The number of rotatable bonds is 8. The molecule has 0 N–H and O–H groups in total. The molecule has 1 aromatic rings. The van der Waals surface area contributed by atoms with E-state index < -0.39 is 5.41 Å². The van der Waals surface area contributed by atoms with Crippen molar-refractivity contribution >= 4 is 5.97 Å². The summed E-state index contributed by atoms with van der Waals surface area (Å²) in [6, 6.07) is 10.2. The van der Waals surface area contributed by atoms with Gasteiger partial charge in [0.15, 0.2) is 0 Å². The Kier molecular flexibility index (Phi) is 6.94. The van der Waals surface area contributed by atoms with Crippen LogP contribution in [0.4, 0.5) is 0 Å². The Morgan fingerprint density at radius 3 is 2.62 bits per heavy atom. The number of carbonyl (C=O) groups is 1. The number of hydrogen-bond donors (Lipinski definition) is 0. The average molecular weight is 287 g/mol. The zero-order chi connectivity index (χ0) is 15.7. The summed E-state index contributed by atoms with van der Waals surface area (Å²) in [4.78, 5) is 12.2. The lowest BCUT2D eigenvalue weighted by Crippen LogP contribution is -2.33. The topological polar surface area (TPSA) is 50.1 Å². The van der Waals surface area contributed by atoms with Gasteiger partial charge in [0.1, 0.15) is 0 Å². The van der Waals surface area contributed by atoms with Crippen molar-refractivity contribution in [2.75, 3.05) is 7.11 Å². The number of esters is 1. The van der Waals surface area contributed by atoms with Crippen molar-refractivity contribution in [1.29, 1.82) is 5.26 Å². The number of nitriles is 1. The molecule has 3 nitrogen and oxygen atoms in total. The molecule has 0 aliphatic heterocycles. The first-order valence-electron chi connectivity index (χ1n) is 7.57. The van der Waals surface area contributed by atoms with Crippen molar-refractivity contribution in [1.82, 2.24) is 0 Å². The van der Waals surface area contributed by atoms with E-state index in [1.54, 1.807) is 0 Å². The van der Waals surface area contributed by atoms with Gasteiger partial charge in [-0.15, -0.1) is 0 Å². The van der Waals surface area contributed by atoms with Crippen LogP contribution in [0.1, 0.15) is 56.6 Å². The molecule has 0 heterocycles. The molecule has 114 valence electrons. The van der Waals surface area contributed by atoms with E-state index in [1.807, 2.05) is 32.0 Å². The number of carbonyl (C=O) groups excluding carboxylic acids is 1. The van der Waals surface area contributed by atoms with Gasteiger partial charge in [0.05, 0.1) is 18.6 Å². The third kappa shape index (κ3) is 4.90. The molecule has 1 unspecified atom stereocenters. The van der Waals surface area contributed by atoms with Crippen LogP contribution in [0.2, 0.25) is 0 Å². The molecule has 0 radical (unpaired) electrons. The summed E-state index contributed by atoms with van der Waals surface area (Å²) in [5.41, 5.74) is 1.58. The van der Waals surface area contributed by atoms with Crippen LogP contribution < -0.4 is 0 Å². The number of unbranched alkanes of at least 4 members (excludes halogenated alkanes) is 4. The van der Waals surface area contributed by atoms with Gasteiger partial charge >= 0.3 is 5.97 Å². The maximum atomic E-state index is 12.2. The van der Waals surface area contributed by atoms with Crippen LogP contribution in [0.3, 0.4) is 0 Å². The van der Waals surface area contributed by atoms with E-state index >= 15 is 0 Å². The van der Waals surface area contributed by atoms with Crippen molar-refractivity contribution < 1.29 is 9.53 Å². The Hall–Kier alpha value is -1.82. The number of methoxy groups -OCH3 is 1. The SMILES string of the molecule is COC(=O)C(C)(CCCCCCC#N)c1cccc(C)c1. The zero-order valence-corrected chi connectivity index (χ0v) is 13.3. The molecule has 0 spiro atoms. The first-order valence-corrected chi connectivity index (χ1v) is 7.57. The minimum atomic E-state index is -0.587. The highest BCUT2D eigenvalue weighted by molar-refractivity contribution is 5.82. The molecule has 1 aromatic carbocycles. The van der Waals surface area contributed by atoms with Crippen LogP contribution >= 0.6 is 0 Å². The Bertz CT molecular complexity index is 504. The molecule has 0 amide bonds. The van der Waals surface area contributed by atoms with E-state index in [-0.39, 0.29) is 5.97 Å². The minimum Gasteiger partial charge on any atom is -0.468 e. The monoisotopic (exact) mass is 287 g/mol. The van der Waals surface area contributed by atoms with Gasteiger partial charge in [-0.2, -0.15) is 5.26 Å². The molecule has 1 atom stereocenters. The normalized spacial score (nSPS) is 13.2. The van der Waals surface area contributed by atoms with Crippen LogP contribution in [0, 0.1) is 18.3 Å². The van der Waals surface area contributed by atoms with Gasteiger partial charge in [-0.1, -0.05) is 49.1 Å². The molecule has 21 heavy (non-hydrogen) atoms. The van der Waals surface area contributed by atoms with Gasteiger partial charge in [-0.25, -0.2) is 0 Å². The lowest BCUT2D eigenvalue weighted by molar-refractivity contribution is -0.147. The third-order valence-corrected chi connectivity index (χ3v) is 4.01. The molecule has 0 fully saturated rings. The smallest absolute Gasteiger partial charge is 0.315 e. The number of nitrogens with zero attached hydrogens (tertiary/aromatic N) is 1. The van der Waals surface area contributed by atoms with Crippen LogP contribution in [0.25, 0.3) is 0 Å². The maximum absolute atomic E-state index is 12.2. The molecule has 0 bridgehead atoms. The Balaban J connectivity index is 2.72. The van der Waals surface area contributed by atoms with Gasteiger partial charge in [-0.3, -0.25) is 4.79 Å². The fourth-order valence-electron chi connectivity index (χ4n) is 2.61. The van der Waals surface area contributed by atoms with Crippen molar-refractivity contribution in [2.24, 2.45) is 0 Å². The van der Waals surface area contributed by atoms with E-state index in [0.717, 1.165) is 43.2 Å². The zero-order valence-electron chi connectivity index (χ0n) is 13.3. The number of ether oxygens (including phenoxy) is 1. The van der Waals surface area contributed by atoms with E-state index in [1.165, 1.54) is 7.11 Å². The molecule has 0 aliphatic carbocycles. The van der Waals surface area contributed by atoms with E-state index in [2.05, 4.69) is 12.1 Å². The lowest BCUT2D eigenvalue weighted by Gasteiger charge is -2.27. The van der Waals surface area contributed by atoms with Crippen LogP contribution in [0.5, 0.6) is 0 Å². The maximum Gasteiger partial charge on any atom is 0.315 e. The highest BCUT2D eigenvalue weighted by atomic mass is 16.5. The Morgan fingerprint density at radius 1 is 1.29 bits per heavy atom. The summed E-state index contributed by atoms with van der Waals surface area (Å²) in [6.07, 6.45) is 5.38. The van der Waals surface area contributed by atoms with Gasteiger partial charge in [-0.05, 0) is 32.3 Å². The molecule has 3 heteroatoms. The van der Waals surface area contributed by atoms with Gasteiger partial charge in [0, 0.05) is 6.42 Å². The summed E-state index contributed by atoms with van der Waals surface area (Å²) in [5, 5.41) is 8.52. The van der Waals surface area contributed by atoms with Crippen LogP contribution in [0.15, 0.2) is 24.3 Å². The lowest BCUT2D eigenvalue weighted by atomic mass is 9.77. The molecule has 1 rings (SSSR count). The minimum absolute atomic E-state index is 0.176. The third-order valence-electron chi connectivity index (χ3n) is 4.01. The summed E-state index contributed by atoms with van der Waals surface area (Å²) < 4.78 is 5.02. The second-order valence-corrected chi connectivity index (χ2v) is 5.77. The summed E-state index contributed by atoms with van der Waals surface area (Å²) >= 11 is 0. The highest BCUT2D eigenvalue weighted by Gasteiger charge is 2.35. The fourth-order valence-corrected chi connectivity index (χ4v) is 2.61. The summed E-state index contributed by atoms with van der Waals surface area (Å²) in [7, 11) is 1.45. The number of aryl methyl sites for hydroxylation is 1. The molecule has 0 aliphatic rings. The molecular weight excluding hydrogens is 262 g/mol. The first-order chi connectivity index (χ1) is 10.0. The van der Waals surface area contributed by atoms with Gasteiger partial charge < -0.3 is 4.74 Å². The van der Waals surface area contributed by atoms with Crippen molar-refractivity contribution in [3.05, 3.63) is 35.4 Å². The van der Waals surface area contributed by atoms with Crippen molar-refractivity contribution in [3.8, 4) is 6.07 Å². The second-order valence-electron chi connectivity index (χ2n) is 5.77. The second kappa shape index (κ2) is 8.46.